The summed E-state index contributed by atoms with van der Waals surface area (Å²) in [5, 5.41) is 21.7. The fourth-order valence-corrected chi connectivity index (χ4v) is 2.19. The molecule has 0 saturated carbocycles. The average Bonchev–Trinajstić information content (AvgIpc) is 2.37. The van der Waals surface area contributed by atoms with Crippen molar-refractivity contribution in [2.45, 2.75) is 45.7 Å². The van der Waals surface area contributed by atoms with Crippen LogP contribution in [0.3, 0.4) is 0 Å². The molecule has 0 aromatic heterocycles. The highest BCUT2D eigenvalue weighted by atomic mass is 16.3. The predicted octanol–water partition coefficient (Wildman–Crippen LogP) is 3.03. The van der Waals surface area contributed by atoms with Gasteiger partial charge in [0.1, 0.15) is 0 Å². The summed E-state index contributed by atoms with van der Waals surface area (Å²) >= 11 is 0. The van der Waals surface area contributed by atoms with Gasteiger partial charge in [0.15, 0.2) is 0 Å². The van der Waals surface area contributed by atoms with Crippen molar-refractivity contribution in [2.75, 3.05) is 6.61 Å². The van der Waals surface area contributed by atoms with Crippen LogP contribution in [0.15, 0.2) is 30.3 Å². The van der Waals surface area contributed by atoms with E-state index in [9.17, 15) is 5.11 Å². The summed E-state index contributed by atoms with van der Waals surface area (Å²) in [4.78, 5) is 0. The number of nitrogens with zero attached hydrogens (tertiary/aromatic N) is 1. The first-order valence-corrected chi connectivity index (χ1v) is 6.78. The Morgan fingerprint density at radius 1 is 1.26 bits per heavy atom. The topological polar surface area (TPSA) is 56.0 Å². The number of nitrogens with one attached hydrogen (secondary N) is 1. The van der Waals surface area contributed by atoms with Gasteiger partial charge >= 0.3 is 0 Å². The second kappa shape index (κ2) is 7.28. The molecule has 2 atom stereocenters. The molecule has 3 heteroatoms. The van der Waals surface area contributed by atoms with E-state index in [1.807, 2.05) is 30.3 Å². The van der Waals surface area contributed by atoms with Crippen LogP contribution in [0.4, 0.5) is 0 Å². The molecule has 0 radical (unpaired) electrons. The Hall–Kier alpha value is -1.37. The van der Waals surface area contributed by atoms with Gasteiger partial charge in [0.05, 0.1) is 12.5 Å². The highest BCUT2D eigenvalue weighted by molar-refractivity contribution is 5.20. The lowest BCUT2D eigenvalue weighted by Crippen LogP contribution is -2.42. The molecule has 0 spiro atoms. The number of aliphatic hydroxyl groups excluding tert-OH is 1. The van der Waals surface area contributed by atoms with Crippen molar-refractivity contribution >= 4 is 0 Å². The van der Waals surface area contributed by atoms with Crippen molar-refractivity contribution in [3.8, 4) is 6.07 Å². The van der Waals surface area contributed by atoms with Crippen molar-refractivity contribution in [1.29, 1.82) is 5.26 Å². The summed E-state index contributed by atoms with van der Waals surface area (Å²) < 4.78 is 0. The number of rotatable bonds is 6. The molecule has 0 saturated heterocycles. The summed E-state index contributed by atoms with van der Waals surface area (Å²) in [6, 6.07) is 12.4. The summed E-state index contributed by atoms with van der Waals surface area (Å²) in [5.41, 5.74) is 1.17. The summed E-state index contributed by atoms with van der Waals surface area (Å²) in [7, 11) is 0. The molecule has 3 nitrogen and oxygen atoms in total. The Kier molecular flexibility index (Phi) is 6.01. The monoisotopic (exact) mass is 260 g/mol. The van der Waals surface area contributed by atoms with Crippen LogP contribution in [-0.4, -0.2) is 17.8 Å². The molecule has 1 rings (SSSR count). The first-order chi connectivity index (χ1) is 8.99. The van der Waals surface area contributed by atoms with Gasteiger partial charge in [0.25, 0.3) is 0 Å². The minimum atomic E-state index is 0.0157. The standard InChI is InChI=1S/C16H24N2O/c1-16(2,3)15(10-12-19)18-14(9-11-17)13-7-5-4-6-8-13/h4-8,14-15,18-19H,9-10,12H2,1-3H3. The number of aliphatic hydroxyl groups is 1. The Balaban J connectivity index is 2.86. The molecule has 0 heterocycles. The maximum absolute atomic E-state index is 9.21. The summed E-state index contributed by atoms with van der Waals surface area (Å²) in [6.07, 6.45) is 1.13. The lowest BCUT2D eigenvalue weighted by atomic mass is 9.84. The second-order valence-electron chi connectivity index (χ2n) is 5.92. The van der Waals surface area contributed by atoms with E-state index in [0.29, 0.717) is 12.8 Å². The average molecular weight is 260 g/mol. The molecule has 0 amide bonds. The largest absolute Gasteiger partial charge is 0.396 e. The lowest BCUT2D eigenvalue weighted by molar-refractivity contribution is 0.185. The van der Waals surface area contributed by atoms with E-state index in [2.05, 4.69) is 32.2 Å². The molecule has 1 aromatic carbocycles. The molecule has 2 N–H and O–H groups in total. The zero-order valence-corrected chi connectivity index (χ0v) is 12.1. The lowest BCUT2D eigenvalue weighted by Gasteiger charge is -2.34. The molecular formula is C16H24N2O. The minimum absolute atomic E-state index is 0.0157. The molecule has 0 bridgehead atoms. The van der Waals surface area contributed by atoms with Crippen LogP contribution in [-0.2, 0) is 0 Å². The van der Waals surface area contributed by atoms with Gasteiger partial charge in [-0.05, 0) is 17.4 Å². The summed E-state index contributed by atoms with van der Waals surface area (Å²) in [5.74, 6) is 0. The first kappa shape index (κ1) is 15.7. The molecule has 0 aliphatic rings. The molecule has 19 heavy (non-hydrogen) atoms. The number of hydrogen-bond donors (Lipinski definition) is 2. The highest BCUT2D eigenvalue weighted by Gasteiger charge is 2.26. The maximum Gasteiger partial charge on any atom is 0.0641 e. The zero-order chi connectivity index (χ0) is 14.3. The van der Waals surface area contributed by atoms with Crippen LogP contribution in [0.25, 0.3) is 0 Å². The van der Waals surface area contributed by atoms with E-state index in [1.54, 1.807) is 0 Å². The Labute approximate surface area is 116 Å². The smallest absolute Gasteiger partial charge is 0.0641 e. The van der Waals surface area contributed by atoms with Crippen molar-refractivity contribution in [3.05, 3.63) is 35.9 Å². The van der Waals surface area contributed by atoms with E-state index in [0.717, 1.165) is 5.56 Å². The molecule has 104 valence electrons. The van der Waals surface area contributed by atoms with Crippen molar-refractivity contribution < 1.29 is 5.11 Å². The van der Waals surface area contributed by atoms with Gasteiger partial charge in [-0.2, -0.15) is 5.26 Å². The van der Waals surface area contributed by atoms with Crippen LogP contribution in [0.1, 0.15) is 45.2 Å². The van der Waals surface area contributed by atoms with Crippen molar-refractivity contribution in [1.82, 2.24) is 5.32 Å². The van der Waals surface area contributed by atoms with E-state index in [4.69, 9.17) is 5.26 Å². The van der Waals surface area contributed by atoms with Crippen LogP contribution in [0.5, 0.6) is 0 Å². The van der Waals surface area contributed by atoms with E-state index < -0.39 is 0 Å². The van der Waals surface area contributed by atoms with Crippen LogP contribution >= 0.6 is 0 Å². The molecule has 0 aliphatic heterocycles. The van der Waals surface area contributed by atoms with E-state index >= 15 is 0 Å². The van der Waals surface area contributed by atoms with Crippen LogP contribution < -0.4 is 5.32 Å². The third kappa shape index (κ3) is 5.02. The van der Waals surface area contributed by atoms with E-state index in [-0.39, 0.29) is 24.1 Å². The second-order valence-corrected chi connectivity index (χ2v) is 5.92. The number of hydrogen-bond acceptors (Lipinski definition) is 3. The maximum atomic E-state index is 9.21. The van der Waals surface area contributed by atoms with Gasteiger partial charge in [0, 0.05) is 18.7 Å². The van der Waals surface area contributed by atoms with Gasteiger partial charge < -0.3 is 10.4 Å². The third-order valence-electron chi connectivity index (χ3n) is 3.36. The molecule has 1 aromatic rings. The molecule has 2 unspecified atom stereocenters. The van der Waals surface area contributed by atoms with Crippen molar-refractivity contribution in [2.24, 2.45) is 5.41 Å². The van der Waals surface area contributed by atoms with Gasteiger partial charge in [-0.3, -0.25) is 0 Å². The Morgan fingerprint density at radius 2 is 1.89 bits per heavy atom. The van der Waals surface area contributed by atoms with Gasteiger partial charge in [-0.15, -0.1) is 0 Å². The zero-order valence-electron chi connectivity index (χ0n) is 12.1. The first-order valence-electron chi connectivity index (χ1n) is 6.78. The highest BCUT2D eigenvalue weighted by Crippen LogP contribution is 2.26. The molecular weight excluding hydrogens is 236 g/mol. The Bertz CT molecular complexity index is 403. The minimum Gasteiger partial charge on any atom is -0.396 e. The third-order valence-corrected chi connectivity index (χ3v) is 3.36. The SMILES string of the molecule is CC(C)(C)C(CCO)NC(CC#N)c1ccccc1. The summed E-state index contributed by atoms with van der Waals surface area (Å²) in [6.45, 7) is 6.60. The fourth-order valence-electron chi connectivity index (χ4n) is 2.19. The van der Waals surface area contributed by atoms with Crippen LogP contribution in [0.2, 0.25) is 0 Å². The number of benzene rings is 1. The quantitative estimate of drug-likeness (QED) is 0.826. The van der Waals surface area contributed by atoms with Gasteiger partial charge in [-0.25, -0.2) is 0 Å². The molecule has 0 fully saturated rings. The predicted molar refractivity (Wildman–Crippen MR) is 77.5 cm³/mol. The number of nitriles is 1. The fraction of sp³-hybridized carbons (Fsp3) is 0.562. The van der Waals surface area contributed by atoms with Crippen LogP contribution in [0, 0.1) is 16.7 Å². The van der Waals surface area contributed by atoms with Gasteiger partial charge in [0.2, 0.25) is 0 Å². The van der Waals surface area contributed by atoms with E-state index in [1.165, 1.54) is 0 Å². The Morgan fingerprint density at radius 3 is 2.37 bits per heavy atom. The molecule has 0 aliphatic carbocycles. The van der Waals surface area contributed by atoms with Gasteiger partial charge in [-0.1, -0.05) is 51.1 Å². The van der Waals surface area contributed by atoms with Crippen molar-refractivity contribution in [3.63, 3.8) is 0 Å². The normalized spacial score (nSPS) is 14.7.